The van der Waals surface area contributed by atoms with Gasteiger partial charge in [-0.2, -0.15) is 18.3 Å². The van der Waals surface area contributed by atoms with Crippen molar-refractivity contribution in [2.75, 3.05) is 0 Å². The molecule has 0 bridgehead atoms. The first kappa shape index (κ1) is 16.3. The summed E-state index contributed by atoms with van der Waals surface area (Å²) >= 11 is 0. The van der Waals surface area contributed by atoms with Crippen LogP contribution in [0.5, 0.6) is 0 Å². The average molecular weight is 330 g/mol. The third-order valence-electron chi connectivity index (χ3n) is 5.12. The maximum Gasteiger partial charge on any atom is 0.394 e. The van der Waals surface area contributed by atoms with Gasteiger partial charge in [0.15, 0.2) is 0 Å². The second kappa shape index (κ2) is 4.97. The van der Waals surface area contributed by atoms with E-state index in [0.29, 0.717) is 24.1 Å². The van der Waals surface area contributed by atoms with Crippen LogP contribution in [-0.4, -0.2) is 34.0 Å². The molecule has 0 saturated heterocycles. The molecule has 1 saturated carbocycles. The zero-order chi connectivity index (χ0) is 16.3. The molecule has 3 nitrogen and oxygen atoms in total. The molecule has 0 aromatic carbocycles. The van der Waals surface area contributed by atoms with E-state index in [-0.39, 0.29) is 25.8 Å². The molecule has 1 aromatic rings. The molecule has 1 heterocycles. The summed E-state index contributed by atoms with van der Waals surface area (Å²) in [5, 5.41) is 13.9. The van der Waals surface area contributed by atoms with Gasteiger partial charge in [-0.05, 0) is 44.1 Å². The fourth-order valence-corrected chi connectivity index (χ4v) is 3.64. The molecule has 3 rings (SSSR count). The molecule has 3 atom stereocenters. The summed E-state index contributed by atoms with van der Waals surface area (Å²) in [6.07, 6.45) is -3.35. The number of nitrogens with zero attached hydrogens (tertiary/aromatic N) is 2. The van der Waals surface area contributed by atoms with Crippen LogP contribution < -0.4 is 0 Å². The first-order valence-corrected chi connectivity index (χ1v) is 8.04. The predicted molar refractivity (Wildman–Crippen MR) is 80.8 cm³/mol. The Morgan fingerprint density at radius 3 is 2.59 bits per heavy atom. The van der Waals surface area contributed by atoms with E-state index in [9.17, 15) is 18.3 Å². The highest BCUT2D eigenvalue weighted by Gasteiger charge is 2.62. The van der Waals surface area contributed by atoms with E-state index in [1.807, 2.05) is 0 Å². The van der Waals surface area contributed by atoms with Gasteiger partial charge in [0.1, 0.15) is 0 Å². The lowest BCUT2D eigenvalue weighted by molar-refractivity contribution is -0.189. The number of aliphatic hydroxyl groups is 1. The maximum atomic E-state index is 13.0. The number of aromatic nitrogens is 2. The molecule has 0 spiro atoms. The Hall–Kier alpha value is -0.545. The van der Waals surface area contributed by atoms with Crippen molar-refractivity contribution in [3.8, 4) is 0 Å². The summed E-state index contributed by atoms with van der Waals surface area (Å²) < 4.78 is 40.7. The second-order valence-electron chi connectivity index (χ2n) is 6.71. The number of aliphatic hydroxyl groups excluding tert-OH is 1. The SMILES string of the molecule is [B]C1(P)CCc2c(c(C)nn2CCC2(C(F)(F)F)CC2)C1O. The summed E-state index contributed by atoms with van der Waals surface area (Å²) in [6.45, 7) is 2.00. The Morgan fingerprint density at radius 1 is 1.41 bits per heavy atom. The molecule has 2 aliphatic rings. The van der Waals surface area contributed by atoms with Crippen molar-refractivity contribution < 1.29 is 18.3 Å². The third kappa shape index (κ3) is 2.50. The molecule has 120 valence electrons. The molecular formula is C14H19BF3N2OP. The number of hydrogen-bond donors (Lipinski definition) is 1. The Morgan fingerprint density at radius 2 is 2.05 bits per heavy atom. The monoisotopic (exact) mass is 330 g/mol. The minimum Gasteiger partial charge on any atom is -0.388 e. The Balaban J connectivity index is 1.82. The van der Waals surface area contributed by atoms with Crippen LogP contribution in [0.15, 0.2) is 0 Å². The highest BCUT2D eigenvalue weighted by molar-refractivity contribution is 7.22. The zero-order valence-corrected chi connectivity index (χ0v) is 13.6. The second-order valence-corrected chi connectivity index (χ2v) is 7.79. The van der Waals surface area contributed by atoms with Crippen molar-refractivity contribution in [3.05, 3.63) is 17.0 Å². The van der Waals surface area contributed by atoms with Crippen molar-refractivity contribution in [2.45, 2.75) is 62.9 Å². The van der Waals surface area contributed by atoms with Crippen molar-refractivity contribution in [1.29, 1.82) is 0 Å². The van der Waals surface area contributed by atoms with Crippen LogP contribution in [0.25, 0.3) is 0 Å². The minimum atomic E-state index is -4.14. The summed E-state index contributed by atoms with van der Waals surface area (Å²) in [7, 11) is 8.52. The number of hydrogen-bond acceptors (Lipinski definition) is 2. The van der Waals surface area contributed by atoms with Gasteiger partial charge in [-0.1, -0.05) is 0 Å². The van der Waals surface area contributed by atoms with Crippen LogP contribution in [0.1, 0.15) is 48.7 Å². The molecule has 1 N–H and O–H groups in total. The summed E-state index contributed by atoms with van der Waals surface area (Å²) in [5.74, 6) is 0. The van der Waals surface area contributed by atoms with Gasteiger partial charge in [0, 0.05) is 17.8 Å². The largest absolute Gasteiger partial charge is 0.394 e. The van der Waals surface area contributed by atoms with Gasteiger partial charge in [0.05, 0.1) is 25.1 Å². The first-order valence-electron chi connectivity index (χ1n) is 7.46. The van der Waals surface area contributed by atoms with E-state index in [0.717, 1.165) is 5.69 Å². The van der Waals surface area contributed by atoms with Crippen LogP contribution in [0.2, 0.25) is 0 Å². The van der Waals surface area contributed by atoms with Crippen LogP contribution in [0.4, 0.5) is 13.2 Å². The number of alkyl halides is 3. The molecule has 1 fully saturated rings. The van der Waals surface area contributed by atoms with Crippen LogP contribution in [-0.2, 0) is 13.0 Å². The molecule has 8 heteroatoms. The number of aryl methyl sites for hydroxylation is 2. The van der Waals surface area contributed by atoms with E-state index in [1.54, 1.807) is 11.6 Å². The summed E-state index contributed by atoms with van der Waals surface area (Å²) in [6, 6.07) is 0. The van der Waals surface area contributed by atoms with Gasteiger partial charge in [-0.15, -0.1) is 9.24 Å². The molecule has 0 aliphatic heterocycles. The topological polar surface area (TPSA) is 38.0 Å². The Bertz CT molecular complexity index is 596. The lowest BCUT2D eigenvalue weighted by atomic mass is 9.71. The van der Waals surface area contributed by atoms with Gasteiger partial charge < -0.3 is 5.11 Å². The molecule has 2 radical (unpaired) electrons. The first-order chi connectivity index (χ1) is 10.1. The van der Waals surface area contributed by atoms with Crippen molar-refractivity contribution in [2.24, 2.45) is 5.41 Å². The lowest BCUT2D eigenvalue weighted by Gasteiger charge is -2.36. The third-order valence-corrected chi connectivity index (χ3v) is 5.72. The van der Waals surface area contributed by atoms with E-state index >= 15 is 0 Å². The van der Waals surface area contributed by atoms with E-state index in [1.165, 1.54) is 0 Å². The van der Waals surface area contributed by atoms with Crippen molar-refractivity contribution >= 4 is 17.1 Å². The Kier molecular flexibility index (Phi) is 3.69. The van der Waals surface area contributed by atoms with E-state index in [4.69, 9.17) is 7.85 Å². The lowest BCUT2D eigenvalue weighted by Crippen LogP contribution is -2.35. The van der Waals surface area contributed by atoms with Gasteiger partial charge in [0.25, 0.3) is 0 Å². The van der Waals surface area contributed by atoms with Gasteiger partial charge >= 0.3 is 6.18 Å². The molecule has 1 aromatic heterocycles. The zero-order valence-electron chi connectivity index (χ0n) is 12.5. The van der Waals surface area contributed by atoms with E-state index in [2.05, 4.69) is 14.3 Å². The van der Waals surface area contributed by atoms with Crippen LogP contribution in [0, 0.1) is 12.3 Å². The van der Waals surface area contributed by atoms with Crippen molar-refractivity contribution in [1.82, 2.24) is 9.78 Å². The standard InChI is InChI=1S/C14H19BF3N2OP/c1-8-10-9(2-3-13(15,22)11(10)21)20(19-8)7-6-12(4-5-12)14(16,17)18/h11,21H,2-7,22H2,1H3. The highest BCUT2D eigenvalue weighted by atomic mass is 31.0. The molecule has 0 amide bonds. The number of halogens is 3. The van der Waals surface area contributed by atoms with Gasteiger partial charge in [0.2, 0.25) is 0 Å². The molecule has 3 unspecified atom stereocenters. The van der Waals surface area contributed by atoms with Gasteiger partial charge in [-0.3, -0.25) is 4.68 Å². The average Bonchev–Trinajstić information content (AvgIpc) is 3.12. The fourth-order valence-electron chi connectivity index (χ4n) is 3.33. The fraction of sp³-hybridized carbons (Fsp3) is 0.786. The van der Waals surface area contributed by atoms with Gasteiger partial charge in [-0.25, -0.2) is 0 Å². The number of rotatable bonds is 3. The molecule has 22 heavy (non-hydrogen) atoms. The Labute approximate surface area is 131 Å². The maximum absolute atomic E-state index is 13.0. The predicted octanol–water partition coefficient (Wildman–Crippen LogP) is 2.64. The highest BCUT2D eigenvalue weighted by Crippen LogP contribution is 2.60. The van der Waals surface area contributed by atoms with Crippen LogP contribution >= 0.6 is 9.24 Å². The van der Waals surface area contributed by atoms with E-state index < -0.39 is 22.8 Å². The smallest absolute Gasteiger partial charge is 0.388 e. The molecular weight excluding hydrogens is 311 g/mol. The molecule has 2 aliphatic carbocycles. The normalized spacial score (nSPS) is 30.2. The minimum absolute atomic E-state index is 0.0504. The summed E-state index contributed by atoms with van der Waals surface area (Å²) in [5.41, 5.74) is 0.633. The van der Waals surface area contributed by atoms with Crippen LogP contribution in [0.3, 0.4) is 0 Å². The summed E-state index contributed by atoms with van der Waals surface area (Å²) in [4.78, 5) is 0. The van der Waals surface area contributed by atoms with Crippen molar-refractivity contribution in [3.63, 3.8) is 0 Å². The quantitative estimate of drug-likeness (QED) is 0.684. The number of fused-ring (bicyclic) bond motifs is 1.